The summed E-state index contributed by atoms with van der Waals surface area (Å²) in [7, 11) is 0. The lowest BCUT2D eigenvalue weighted by molar-refractivity contribution is -0.120. The summed E-state index contributed by atoms with van der Waals surface area (Å²) in [6.07, 6.45) is 1.10. The molecular formula is C16H22N6O2. The van der Waals surface area contributed by atoms with Crippen LogP contribution in [-0.2, 0) is 16.0 Å². The number of nitrogens with one attached hydrogen (secondary N) is 1. The van der Waals surface area contributed by atoms with Crippen molar-refractivity contribution in [1.82, 2.24) is 25.7 Å². The Morgan fingerprint density at radius 3 is 2.50 bits per heavy atom. The second-order valence-electron chi connectivity index (χ2n) is 5.25. The van der Waals surface area contributed by atoms with Gasteiger partial charge in [0.1, 0.15) is 0 Å². The number of amides is 1. The first-order valence-corrected chi connectivity index (χ1v) is 7.87. The van der Waals surface area contributed by atoms with Crippen LogP contribution in [0.2, 0.25) is 0 Å². The SMILES string of the molecule is Cc1nnc(-c2ccc(CC(=O)NCCCOCCN)cc2)nn1. The average molecular weight is 330 g/mol. The highest BCUT2D eigenvalue weighted by atomic mass is 16.5. The van der Waals surface area contributed by atoms with Gasteiger partial charge < -0.3 is 15.8 Å². The maximum atomic E-state index is 11.9. The highest BCUT2D eigenvalue weighted by Gasteiger charge is 2.06. The Labute approximate surface area is 140 Å². The molecule has 1 heterocycles. The van der Waals surface area contributed by atoms with E-state index in [4.69, 9.17) is 10.5 Å². The lowest BCUT2D eigenvalue weighted by atomic mass is 10.1. The fourth-order valence-corrected chi connectivity index (χ4v) is 2.00. The molecule has 0 saturated heterocycles. The van der Waals surface area contributed by atoms with E-state index in [1.165, 1.54) is 0 Å². The van der Waals surface area contributed by atoms with Crippen molar-refractivity contribution in [2.24, 2.45) is 5.73 Å². The first-order valence-electron chi connectivity index (χ1n) is 7.87. The molecule has 1 aromatic heterocycles. The van der Waals surface area contributed by atoms with E-state index in [-0.39, 0.29) is 5.91 Å². The summed E-state index contributed by atoms with van der Waals surface area (Å²) in [6.45, 7) is 3.99. The number of aromatic nitrogens is 4. The first-order chi connectivity index (χ1) is 11.7. The molecule has 2 aromatic rings. The molecule has 0 fully saturated rings. The van der Waals surface area contributed by atoms with E-state index in [0.717, 1.165) is 17.5 Å². The number of nitrogens with two attached hydrogens (primary N) is 1. The second kappa shape index (κ2) is 9.64. The third-order valence-electron chi connectivity index (χ3n) is 3.21. The maximum Gasteiger partial charge on any atom is 0.224 e. The molecule has 0 bridgehead atoms. The van der Waals surface area contributed by atoms with Gasteiger partial charge in [-0.05, 0) is 18.9 Å². The number of benzene rings is 1. The maximum absolute atomic E-state index is 11.9. The fourth-order valence-electron chi connectivity index (χ4n) is 2.00. The van der Waals surface area contributed by atoms with Crippen LogP contribution in [0, 0.1) is 6.92 Å². The number of aryl methyl sites for hydroxylation is 1. The van der Waals surface area contributed by atoms with Crippen LogP contribution in [0.4, 0.5) is 0 Å². The van der Waals surface area contributed by atoms with Gasteiger partial charge in [0.05, 0.1) is 13.0 Å². The fraction of sp³-hybridized carbons (Fsp3) is 0.438. The highest BCUT2D eigenvalue weighted by molar-refractivity contribution is 5.78. The molecule has 0 radical (unpaired) electrons. The molecular weight excluding hydrogens is 308 g/mol. The molecule has 0 aliphatic rings. The van der Waals surface area contributed by atoms with Gasteiger partial charge in [-0.1, -0.05) is 24.3 Å². The molecule has 0 saturated carbocycles. The minimum absolute atomic E-state index is 0.0171. The molecule has 24 heavy (non-hydrogen) atoms. The molecule has 0 aliphatic carbocycles. The lowest BCUT2D eigenvalue weighted by Crippen LogP contribution is -2.27. The summed E-state index contributed by atoms with van der Waals surface area (Å²) in [5, 5.41) is 18.6. The predicted molar refractivity (Wildman–Crippen MR) is 89.0 cm³/mol. The predicted octanol–water partition coefficient (Wildman–Crippen LogP) is 0.266. The molecule has 128 valence electrons. The first kappa shape index (κ1) is 17.9. The van der Waals surface area contributed by atoms with Crippen LogP contribution in [0.3, 0.4) is 0 Å². The number of hydrogen-bond acceptors (Lipinski definition) is 7. The molecule has 0 unspecified atom stereocenters. The zero-order chi connectivity index (χ0) is 17.2. The van der Waals surface area contributed by atoms with Crippen LogP contribution < -0.4 is 11.1 Å². The van der Waals surface area contributed by atoms with Gasteiger partial charge in [-0.2, -0.15) is 0 Å². The van der Waals surface area contributed by atoms with Crippen LogP contribution in [0.1, 0.15) is 17.8 Å². The molecule has 2 rings (SSSR count). The van der Waals surface area contributed by atoms with Crippen LogP contribution in [0.5, 0.6) is 0 Å². The van der Waals surface area contributed by atoms with Crippen LogP contribution in [-0.4, -0.2) is 52.6 Å². The minimum Gasteiger partial charge on any atom is -0.380 e. The van der Waals surface area contributed by atoms with E-state index < -0.39 is 0 Å². The van der Waals surface area contributed by atoms with Crippen molar-refractivity contribution >= 4 is 5.91 Å². The zero-order valence-corrected chi connectivity index (χ0v) is 13.7. The monoisotopic (exact) mass is 330 g/mol. The molecule has 3 N–H and O–H groups in total. The molecule has 8 heteroatoms. The van der Waals surface area contributed by atoms with Gasteiger partial charge >= 0.3 is 0 Å². The van der Waals surface area contributed by atoms with Gasteiger partial charge in [-0.3, -0.25) is 4.79 Å². The van der Waals surface area contributed by atoms with Crippen molar-refractivity contribution < 1.29 is 9.53 Å². The lowest BCUT2D eigenvalue weighted by Gasteiger charge is -2.06. The van der Waals surface area contributed by atoms with E-state index in [0.29, 0.717) is 44.4 Å². The van der Waals surface area contributed by atoms with Gasteiger partial charge in [-0.15, -0.1) is 20.4 Å². The highest BCUT2D eigenvalue weighted by Crippen LogP contribution is 2.14. The van der Waals surface area contributed by atoms with Crippen molar-refractivity contribution in [1.29, 1.82) is 0 Å². The Balaban J connectivity index is 1.77. The Morgan fingerprint density at radius 1 is 1.12 bits per heavy atom. The number of ether oxygens (including phenoxy) is 1. The summed E-state index contributed by atoms with van der Waals surface area (Å²) in [5.41, 5.74) is 7.06. The number of rotatable bonds is 9. The molecule has 0 atom stereocenters. The van der Waals surface area contributed by atoms with E-state index in [1.807, 2.05) is 24.3 Å². The van der Waals surface area contributed by atoms with Crippen molar-refractivity contribution in [3.05, 3.63) is 35.7 Å². The Morgan fingerprint density at radius 2 is 1.83 bits per heavy atom. The smallest absolute Gasteiger partial charge is 0.224 e. The summed E-state index contributed by atoms with van der Waals surface area (Å²) in [4.78, 5) is 11.9. The molecule has 1 amide bonds. The van der Waals surface area contributed by atoms with Gasteiger partial charge in [0.25, 0.3) is 0 Å². The quantitative estimate of drug-likeness (QED) is 0.634. The Bertz CT molecular complexity index is 630. The Hall–Kier alpha value is -2.45. The van der Waals surface area contributed by atoms with Gasteiger partial charge in [0.2, 0.25) is 11.7 Å². The number of nitrogens with zero attached hydrogens (tertiary/aromatic N) is 4. The molecule has 8 nitrogen and oxygen atoms in total. The van der Waals surface area contributed by atoms with E-state index >= 15 is 0 Å². The average Bonchev–Trinajstić information content (AvgIpc) is 2.59. The molecule has 1 aromatic carbocycles. The Kier molecular flexibility index (Phi) is 7.19. The number of carbonyl (C=O) groups is 1. The van der Waals surface area contributed by atoms with Crippen LogP contribution in [0.25, 0.3) is 11.4 Å². The number of carbonyl (C=O) groups excluding carboxylic acids is 1. The van der Waals surface area contributed by atoms with Crippen molar-refractivity contribution in [2.45, 2.75) is 19.8 Å². The topological polar surface area (TPSA) is 116 Å². The number of hydrogen-bond donors (Lipinski definition) is 2. The second-order valence-corrected chi connectivity index (χ2v) is 5.25. The largest absolute Gasteiger partial charge is 0.380 e. The zero-order valence-electron chi connectivity index (χ0n) is 13.7. The van der Waals surface area contributed by atoms with Gasteiger partial charge in [0.15, 0.2) is 5.82 Å². The molecule has 0 aliphatic heterocycles. The summed E-state index contributed by atoms with van der Waals surface area (Å²) < 4.78 is 5.25. The van der Waals surface area contributed by atoms with Crippen molar-refractivity contribution in [3.63, 3.8) is 0 Å². The minimum atomic E-state index is -0.0171. The van der Waals surface area contributed by atoms with Gasteiger partial charge in [-0.25, -0.2) is 0 Å². The normalized spacial score (nSPS) is 10.6. The van der Waals surface area contributed by atoms with Gasteiger partial charge in [0, 0.05) is 25.3 Å². The van der Waals surface area contributed by atoms with Crippen molar-refractivity contribution in [2.75, 3.05) is 26.3 Å². The van der Waals surface area contributed by atoms with Crippen LogP contribution in [0.15, 0.2) is 24.3 Å². The van der Waals surface area contributed by atoms with E-state index in [2.05, 4.69) is 25.7 Å². The van der Waals surface area contributed by atoms with Crippen LogP contribution >= 0.6 is 0 Å². The summed E-state index contributed by atoms with van der Waals surface area (Å²) in [6, 6.07) is 7.47. The summed E-state index contributed by atoms with van der Waals surface area (Å²) >= 11 is 0. The van der Waals surface area contributed by atoms with E-state index in [9.17, 15) is 4.79 Å². The standard InChI is InChI=1S/C16H22N6O2/c1-12-19-21-16(22-20-12)14-5-3-13(4-6-14)11-15(23)18-8-2-9-24-10-7-17/h3-6H,2,7-11,17H2,1H3,(H,18,23). The molecule has 0 spiro atoms. The van der Waals surface area contributed by atoms with Crippen molar-refractivity contribution in [3.8, 4) is 11.4 Å². The van der Waals surface area contributed by atoms with E-state index in [1.54, 1.807) is 6.92 Å². The third-order valence-corrected chi connectivity index (χ3v) is 3.21. The third kappa shape index (κ3) is 5.98. The summed E-state index contributed by atoms with van der Waals surface area (Å²) in [5.74, 6) is 0.978.